The van der Waals surface area contributed by atoms with Crippen molar-refractivity contribution in [2.24, 2.45) is 0 Å². The number of amides is 1. The number of aromatic nitrogens is 1. The molecule has 0 atom stereocenters. The second-order valence-electron chi connectivity index (χ2n) is 6.13. The number of hydrogen-bond donors (Lipinski definition) is 1. The Balaban J connectivity index is 1.80. The molecule has 1 heterocycles. The van der Waals surface area contributed by atoms with E-state index in [2.05, 4.69) is 10.5 Å². The number of carbonyl (C=O) groups excluding carboxylic acids is 1. The predicted octanol–water partition coefficient (Wildman–Crippen LogP) is 4.71. The molecule has 3 aromatic rings. The third kappa shape index (κ3) is 3.97. The van der Waals surface area contributed by atoms with Crippen LogP contribution in [0.4, 0.5) is 14.5 Å². The average molecular weight is 372 g/mol. The number of aryl methyl sites for hydroxylation is 2. The normalized spacial score (nSPS) is 10.7. The van der Waals surface area contributed by atoms with Crippen molar-refractivity contribution in [3.8, 4) is 5.75 Å². The summed E-state index contributed by atoms with van der Waals surface area (Å²) in [5, 5.41) is 6.04. The first-order valence-electron chi connectivity index (χ1n) is 8.27. The SMILES string of the molecule is Cc1cccc(OCc2c(C(=O)Nc3cc(F)ccc3F)noc2C)c1C. The van der Waals surface area contributed by atoms with E-state index in [1.165, 1.54) is 0 Å². The summed E-state index contributed by atoms with van der Waals surface area (Å²) in [6.07, 6.45) is 0. The van der Waals surface area contributed by atoms with Crippen LogP contribution in [0.15, 0.2) is 40.9 Å². The highest BCUT2D eigenvalue weighted by Gasteiger charge is 2.22. The Kier molecular flexibility index (Phi) is 5.21. The van der Waals surface area contributed by atoms with Gasteiger partial charge in [0.1, 0.15) is 29.8 Å². The number of anilines is 1. The second kappa shape index (κ2) is 7.57. The molecule has 0 unspecified atom stereocenters. The molecule has 0 aliphatic heterocycles. The van der Waals surface area contributed by atoms with Crippen molar-refractivity contribution in [3.05, 3.63) is 76.2 Å². The number of ether oxygens (including phenoxy) is 1. The van der Waals surface area contributed by atoms with Crippen molar-refractivity contribution in [2.75, 3.05) is 5.32 Å². The first-order valence-corrected chi connectivity index (χ1v) is 8.27. The van der Waals surface area contributed by atoms with Crippen molar-refractivity contribution in [1.82, 2.24) is 5.16 Å². The highest BCUT2D eigenvalue weighted by atomic mass is 19.1. The summed E-state index contributed by atoms with van der Waals surface area (Å²) < 4.78 is 37.9. The van der Waals surface area contributed by atoms with E-state index in [0.717, 1.165) is 29.3 Å². The minimum atomic E-state index is -0.752. The Morgan fingerprint density at radius 3 is 2.74 bits per heavy atom. The van der Waals surface area contributed by atoms with Crippen LogP contribution in [-0.2, 0) is 6.61 Å². The van der Waals surface area contributed by atoms with Gasteiger partial charge in [-0.15, -0.1) is 0 Å². The van der Waals surface area contributed by atoms with E-state index in [9.17, 15) is 13.6 Å². The van der Waals surface area contributed by atoms with Crippen LogP contribution < -0.4 is 10.1 Å². The van der Waals surface area contributed by atoms with Gasteiger partial charge in [0.2, 0.25) is 0 Å². The molecule has 0 bridgehead atoms. The molecular weight excluding hydrogens is 354 g/mol. The van der Waals surface area contributed by atoms with Crippen LogP contribution in [0.5, 0.6) is 5.75 Å². The van der Waals surface area contributed by atoms with Crippen LogP contribution in [0.3, 0.4) is 0 Å². The largest absolute Gasteiger partial charge is 0.488 e. The van der Waals surface area contributed by atoms with Crippen LogP contribution in [0.2, 0.25) is 0 Å². The van der Waals surface area contributed by atoms with Crippen LogP contribution in [0, 0.1) is 32.4 Å². The lowest BCUT2D eigenvalue weighted by molar-refractivity contribution is 0.101. The molecule has 0 spiro atoms. The monoisotopic (exact) mass is 372 g/mol. The Hall–Kier alpha value is -3.22. The number of carbonyl (C=O) groups is 1. The quantitative estimate of drug-likeness (QED) is 0.704. The van der Waals surface area contributed by atoms with Crippen molar-refractivity contribution in [3.63, 3.8) is 0 Å². The highest BCUT2D eigenvalue weighted by molar-refractivity contribution is 6.03. The van der Waals surface area contributed by atoms with E-state index in [4.69, 9.17) is 9.26 Å². The van der Waals surface area contributed by atoms with E-state index in [1.807, 2.05) is 32.0 Å². The predicted molar refractivity (Wildman–Crippen MR) is 95.8 cm³/mol. The maximum atomic E-state index is 13.8. The van der Waals surface area contributed by atoms with Gasteiger partial charge in [-0.05, 0) is 50.1 Å². The van der Waals surface area contributed by atoms with Crippen LogP contribution in [-0.4, -0.2) is 11.1 Å². The summed E-state index contributed by atoms with van der Waals surface area (Å²) in [6.45, 7) is 5.60. The molecular formula is C20H18F2N2O3. The lowest BCUT2D eigenvalue weighted by Gasteiger charge is -2.11. The number of halogens is 2. The molecule has 0 radical (unpaired) electrons. The van der Waals surface area contributed by atoms with Crippen molar-refractivity contribution >= 4 is 11.6 Å². The van der Waals surface area contributed by atoms with E-state index < -0.39 is 17.5 Å². The average Bonchev–Trinajstić information content (AvgIpc) is 3.00. The molecule has 7 heteroatoms. The lowest BCUT2D eigenvalue weighted by Crippen LogP contribution is -2.16. The van der Waals surface area contributed by atoms with Crippen molar-refractivity contribution < 1.29 is 22.8 Å². The summed E-state index contributed by atoms with van der Waals surface area (Å²) in [5.41, 5.74) is 2.18. The zero-order chi connectivity index (χ0) is 19.6. The maximum Gasteiger partial charge on any atom is 0.278 e. The van der Waals surface area contributed by atoms with Gasteiger partial charge in [0.25, 0.3) is 5.91 Å². The third-order valence-corrected chi connectivity index (χ3v) is 4.30. The molecule has 0 aliphatic carbocycles. The van der Waals surface area contributed by atoms with Gasteiger partial charge in [-0.2, -0.15) is 0 Å². The smallest absolute Gasteiger partial charge is 0.278 e. The van der Waals surface area contributed by atoms with Gasteiger partial charge < -0.3 is 14.6 Å². The molecule has 140 valence electrons. The van der Waals surface area contributed by atoms with Crippen LogP contribution >= 0.6 is 0 Å². The maximum absolute atomic E-state index is 13.8. The zero-order valence-corrected chi connectivity index (χ0v) is 15.1. The van der Waals surface area contributed by atoms with E-state index in [-0.39, 0.29) is 18.0 Å². The molecule has 1 aromatic heterocycles. The molecule has 1 amide bonds. The van der Waals surface area contributed by atoms with Gasteiger partial charge in [-0.1, -0.05) is 17.3 Å². The van der Waals surface area contributed by atoms with Gasteiger partial charge in [-0.25, -0.2) is 8.78 Å². The third-order valence-electron chi connectivity index (χ3n) is 4.30. The Labute approximate surface area is 154 Å². The summed E-state index contributed by atoms with van der Waals surface area (Å²) in [5.74, 6) is -1.04. The van der Waals surface area contributed by atoms with Gasteiger partial charge in [-0.3, -0.25) is 4.79 Å². The van der Waals surface area contributed by atoms with Crippen molar-refractivity contribution in [1.29, 1.82) is 0 Å². The topological polar surface area (TPSA) is 64.4 Å². The molecule has 3 rings (SSSR count). The number of nitrogens with one attached hydrogen (secondary N) is 1. The number of rotatable bonds is 5. The molecule has 0 saturated carbocycles. The van der Waals surface area contributed by atoms with Gasteiger partial charge >= 0.3 is 0 Å². The summed E-state index contributed by atoms with van der Waals surface area (Å²) >= 11 is 0. The fourth-order valence-corrected chi connectivity index (χ4v) is 2.54. The van der Waals surface area contributed by atoms with E-state index in [0.29, 0.717) is 17.1 Å². The van der Waals surface area contributed by atoms with Crippen molar-refractivity contribution in [2.45, 2.75) is 27.4 Å². The fourth-order valence-electron chi connectivity index (χ4n) is 2.54. The molecule has 0 fully saturated rings. The van der Waals surface area contributed by atoms with E-state index in [1.54, 1.807) is 6.92 Å². The summed E-state index contributed by atoms with van der Waals surface area (Å²) in [4.78, 5) is 12.5. The van der Waals surface area contributed by atoms with Gasteiger partial charge in [0.05, 0.1) is 11.3 Å². The molecule has 2 aromatic carbocycles. The minimum absolute atomic E-state index is 0.0403. The van der Waals surface area contributed by atoms with Crippen LogP contribution in [0.25, 0.3) is 0 Å². The zero-order valence-electron chi connectivity index (χ0n) is 15.1. The minimum Gasteiger partial charge on any atom is -0.488 e. The number of nitrogens with zero attached hydrogens (tertiary/aromatic N) is 1. The Morgan fingerprint density at radius 2 is 1.96 bits per heavy atom. The summed E-state index contributed by atoms with van der Waals surface area (Å²) in [6, 6.07) is 8.47. The van der Waals surface area contributed by atoms with E-state index >= 15 is 0 Å². The molecule has 0 aliphatic rings. The fraction of sp³-hybridized carbons (Fsp3) is 0.200. The standard InChI is InChI=1S/C20H18F2N2O3/c1-11-5-4-6-18(12(11)2)26-10-15-13(3)27-24-19(15)20(25)23-17-9-14(21)7-8-16(17)22/h4-9H,10H2,1-3H3,(H,23,25). The lowest BCUT2D eigenvalue weighted by atomic mass is 10.1. The number of hydrogen-bond acceptors (Lipinski definition) is 4. The first kappa shape index (κ1) is 18.6. The second-order valence-corrected chi connectivity index (χ2v) is 6.13. The highest BCUT2D eigenvalue weighted by Crippen LogP contribution is 2.24. The molecule has 0 saturated heterocycles. The number of benzene rings is 2. The van der Waals surface area contributed by atoms with Gasteiger partial charge in [0.15, 0.2) is 5.69 Å². The molecule has 5 nitrogen and oxygen atoms in total. The molecule has 1 N–H and O–H groups in total. The Morgan fingerprint density at radius 1 is 1.19 bits per heavy atom. The first-order chi connectivity index (χ1) is 12.9. The van der Waals surface area contributed by atoms with Crippen LogP contribution in [0.1, 0.15) is 32.9 Å². The summed E-state index contributed by atoms with van der Waals surface area (Å²) in [7, 11) is 0. The van der Waals surface area contributed by atoms with Gasteiger partial charge in [0, 0.05) is 6.07 Å². The Bertz CT molecular complexity index is 999. The molecule has 27 heavy (non-hydrogen) atoms.